The lowest BCUT2D eigenvalue weighted by atomic mass is 9.96. The van der Waals surface area contributed by atoms with Crippen LogP contribution in [0.2, 0.25) is 0 Å². The van der Waals surface area contributed by atoms with Crippen LogP contribution in [-0.4, -0.2) is 24.2 Å². The van der Waals surface area contributed by atoms with Crippen LogP contribution < -0.4 is 9.47 Å². The van der Waals surface area contributed by atoms with Crippen LogP contribution in [0.3, 0.4) is 0 Å². The summed E-state index contributed by atoms with van der Waals surface area (Å²) >= 11 is 0. The Hall–Kier alpha value is -3.34. The second kappa shape index (κ2) is 8.78. The molecule has 0 fully saturated rings. The second-order valence-electron chi connectivity index (χ2n) is 6.92. The lowest BCUT2D eigenvalue weighted by Gasteiger charge is -2.27. The Morgan fingerprint density at radius 1 is 1.10 bits per heavy atom. The predicted octanol–water partition coefficient (Wildman–Crippen LogP) is 4.36. The fourth-order valence-electron chi connectivity index (χ4n) is 3.49. The molecule has 148 valence electrons. The van der Waals surface area contributed by atoms with Crippen LogP contribution in [0.1, 0.15) is 29.7 Å². The Bertz CT molecular complexity index is 920. The van der Waals surface area contributed by atoms with Crippen molar-refractivity contribution in [1.82, 2.24) is 4.98 Å². The number of nitrogens with zero attached hydrogens (tertiary/aromatic N) is 1. The zero-order valence-corrected chi connectivity index (χ0v) is 16.3. The highest BCUT2D eigenvalue weighted by atomic mass is 16.5. The average Bonchev–Trinajstić information content (AvgIpc) is 2.78. The van der Waals surface area contributed by atoms with Gasteiger partial charge in [0.15, 0.2) is 6.10 Å². The smallest absolute Gasteiger partial charge is 0.313 e. The molecule has 0 radical (unpaired) electrons. The zero-order chi connectivity index (χ0) is 20.1. The third-order valence-electron chi connectivity index (χ3n) is 4.93. The van der Waals surface area contributed by atoms with Crippen molar-refractivity contribution in [2.75, 3.05) is 13.2 Å². The fraction of sp³-hybridized carbons (Fsp3) is 0.250. The normalized spacial score (nSPS) is 16.2. The molecule has 0 spiro atoms. The molecule has 5 heteroatoms. The van der Waals surface area contributed by atoms with Crippen LogP contribution >= 0.6 is 0 Å². The van der Waals surface area contributed by atoms with Crippen LogP contribution in [-0.2, 0) is 16.0 Å². The Morgan fingerprint density at radius 3 is 2.62 bits per heavy atom. The van der Waals surface area contributed by atoms with Gasteiger partial charge in [0.25, 0.3) is 0 Å². The van der Waals surface area contributed by atoms with Crippen molar-refractivity contribution in [3.8, 4) is 11.5 Å². The average molecular weight is 389 g/mol. The summed E-state index contributed by atoms with van der Waals surface area (Å²) in [7, 11) is 0. The molecule has 1 aliphatic rings. The third-order valence-corrected chi connectivity index (χ3v) is 4.93. The number of benzene rings is 2. The van der Waals surface area contributed by atoms with E-state index >= 15 is 0 Å². The molecular weight excluding hydrogens is 366 g/mol. The molecular formula is C24H23NO4. The number of carbonyl (C=O) groups is 1. The summed E-state index contributed by atoms with van der Waals surface area (Å²) in [6, 6.07) is 19.2. The Labute approximate surface area is 170 Å². The van der Waals surface area contributed by atoms with Gasteiger partial charge in [0, 0.05) is 18.0 Å². The largest absolute Gasteiger partial charge is 0.494 e. The molecule has 2 heterocycles. The number of hydrogen-bond acceptors (Lipinski definition) is 5. The molecule has 29 heavy (non-hydrogen) atoms. The Morgan fingerprint density at radius 2 is 1.86 bits per heavy atom. The van der Waals surface area contributed by atoms with Gasteiger partial charge in [0.2, 0.25) is 0 Å². The van der Waals surface area contributed by atoms with Crippen molar-refractivity contribution in [1.29, 1.82) is 0 Å². The topological polar surface area (TPSA) is 57.7 Å². The van der Waals surface area contributed by atoms with E-state index < -0.39 is 6.10 Å². The van der Waals surface area contributed by atoms with Crippen molar-refractivity contribution in [3.63, 3.8) is 0 Å². The highest BCUT2D eigenvalue weighted by molar-refractivity contribution is 5.74. The minimum atomic E-state index is -0.483. The number of rotatable bonds is 6. The van der Waals surface area contributed by atoms with Crippen molar-refractivity contribution in [2.24, 2.45) is 5.92 Å². The minimum Gasteiger partial charge on any atom is -0.494 e. The first-order valence-electron chi connectivity index (χ1n) is 9.78. The molecule has 3 aromatic rings. The van der Waals surface area contributed by atoms with Crippen molar-refractivity contribution in [2.45, 2.75) is 19.4 Å². The van der Waals surface area contributed by atoms with E-state index in [1.807, 2.05) is 67.6 Å². The first-order valence-corrected chi connectivity index (χ1v) is 9.78. The molecule has 1 aromatic heterocycles. The number of ether oxygens (including phenoxy) is 3. The number of fused-ring (bicyclic) bond motifs is 1. The quantitative estimate of drug-likeness (QED) is 0.586. The van der Waals surface area contributed by atoms with Gasteiger partial charge in [-0.3, -0.25) is 9.78 Å². The molecule has 0 aliphatic carbocycles. The van der Waals surface area contributed by atoms with E-state index in [0.29, 0.717) is 19.6 Å². The van der Waals surface area contributed by atoms with Crippen LogP contribution in [0.5, 0.6) is 11.5 Å². The third kappa shape index (κ3) is 4.40. The highest BCUT2D eigenvalue weighted by Gasteiger charge is 2.30. The van der Waals surface area contributed by atoms with Crippen LogP contribution in [0.25, 0.3) is 0 Å². The molecule has 0 bridgehead atoms. The van der Waals surface area contributed by atoms with Crippen molar-refractivity contribution >= 4 is 5.97 Å². The van der Waals surface area contributed by atoms with Crippen molar-refractivity contribution < 1.29 is 19.0 Å². The van der Waals surface area contributed by atoms with Gasteiger partial charge in [-0.25, -0.2) is 0 Å². The molecule has 0 saturated heterocycles. The zero-order valence-electron chi connectivity index (χ0n) is 16.3. The molecule has 0 N–H and O–H groups in total. The maximum absolute atomic E-state index is 13.0. The van der Waals surface area contributed by atoms with Gasteiger partial charge >= 0.3 is 5.97 Å². The van der Waals surface area contributed by atoms with Gasteiger partial charge in [-0.2, -0.15) is 0 Å². The fourth-order valence-corrected chi connectivity index (χ4v) is 3.49. The van der Waals surface area contributed by atoms with E-state index in [0.717, 1.165) is 28.2 Å². The summed E-state index contributed by atoms with van der Waals surface area (Å²) in [6.07, 6.45) is 3.48. The van der Waals surface area contributed by atoms with Crippen molar-refractivity contribution in [3.05, 3.63) is 89.7 Å². The number of carbonyl (C=O) groups excluding carboxylic acids is 1. The van der Waals surface area contributed by atoms with Gasteiger partial charge in [-0.15, -0.1) is 0 Å². The first-order chi connectivity index (χ1) is 14.2. The summed E-state index contributed by atoms with van der Waals surface area (Å²) < 4.78 is 17.4. The maximum atomic E-state index is 13.0. The van der Waals surface area contributed by atoms with E-state index in [1.54, 1.807) is 12.4 Å². The first kappa shape index (κ1) is 19.0. The molecule has 2 unspecified atom stereocenters. The molecule has 2 aromatic carbocycles. The van der Waals surface area contributed by atoms with Crippen LogP contribution in [0.15, 0.2) is 73.1 Å². The lowest BCUT2D eigenvalue weighted by molar-refractivity contribution is -0.154. The Kier molecular flexibility index (Phi) is 5.75. The van der Waals surface area contributed by atoms with Crippen LogP contribution in [0.4, 0.5) is 0 Å². The predicted molar refractivity (Wildman–Crippen MR) is 109 cm³/mol. The number of aromatic nitrogens is 1. The van der Waals surface area contributed by atoms with E-state index in [2.05, 4.69) is 4.98 Å². The SMILES string of the molecule is CCOc1ccc2c(c1)CC(C(=O)OC(c1ccccc1)c1ccncc1)CO2. The van der Waals surface area contributed by atoms with Crippen LogP contribution in [0, 0.1) is 5.92 Å². The van der Waals surface area contributed by atoms with E-state index in [4.69, 9.17) is 14.2 Å². The lowest BCUT2D eigenvalue weighted by Crippen LogP contribution is -2.31. The standard InChI is InChI=1S/C24H23NO4/c1-2-27-21-8-9-22-19(15-21)14-20(16-28-22)24(26)29-23(17-6-4-3-5-7-17)18-10-12-25-13-11-18/h3-13,15,20,23H,2,14,16H2,1H3. The van der Waals surface area contributed by atoms with Gasteiger partial charge in [-0.05, 0) is 54.8 Å². The number of hydrogen-bond donors (Lipinski definition) is 0. The molecule has 0 amide bonds. The molecule has 5 nitrogen and oxygen atoms in total. The highest BCUT2D eigenvalue weighted by Crippen LogP contribution is 2.33. The van der Waals surface area contributed by atoms with E-state index in [1.165, 1.54) is 0 Å². The summed E-state index contributed by atoms with van der Waals surface area (Å²) in [6.45, 7) is 2.84. The monoisotopic (exact) mass is 389 g/mol. The van der Waals surface area contributed by atoms with Gasteiger partial charge in [-0.1, -0.05) is 30.3 Å². The van der Waals surface area contributed by atoms with E-state index in [9.17, 15) is 4.79 Å². The van der Waals surface area contributed by atoms with E-state index in [-0.39, 0.29) is 11.9 Å². The minimum absolute atomic E-state index is 0.275. The summed E-state index contributed by atoms with van der Waals surface area (Å²) in [5.41, 5.74) is 2.77. The summed E-state index contributed by atoms with van der Waals surface area (Å²) in [5, 5.41) is 0. The number of esters is 1. The number of pyridine rings is 1. The summed E-state index contributed by atoms with van der Waals surface area (Å²) in [5.74, 6) is 0.935. The molecule has 1 aliphatic heterocycles. The van der Waals surface area contributed by atoms with Gasteiger partial charge < -0.3 is 14.2 Å². The van der Waals surface area contributed by atoms with Gasteiger partial charge in [0.1, 0.15) is 18.1 Å². The second-order valence-corrected chi connectivity index (χ2v) is 6.92. The molecule has 2 atom stereocenters. The maximum Gasteiger partial charge on any atom is 0.313 e. The Balaban J connectivity index is 1.53. The summed E-state index contributed by atoms with van der Waals surface area (Å²) in [4.78, 5) is 17.1. The molecule has 0 saturated carbocycles. The van der Waals surface area contributed by atoms with Gasteiger partial charge in [0.05, 0.1) is 12.5 Å². The molecule has 4 rings (SSSR count).